The number of fused-ring (bicyclic) bond motifs is 1. The summed E-state index contributed by atoms with van der Waals surface area (Å²) >= 11 is 1.87. The summed E-state index contributed by atoms with van der Waals surface area (Å²) < 4.78 is 5.88. The van der Waals surface area contributed by atoms with Gasteiger partial charge in [-0.25, -0.2) is 0 Å². The van der Waals surface area contributed by atoms with Crippen molar-refractivity contribution in [1.29, 1.82) is 0 Å². The molecule has 106 valence electrons. The van der Waals surface area contributed by atoms with Gasteiger partial charge in [0.25, 0.3) is 0 Å². The van der Waals surface area contributed by atoms with E-state index in [1.165, 1.54) is 20.9 Å². The van der Waals surface area contributed by atoms with E-state index in [-0.39, 0.29) is 6.04 Å². The standard InChI is InChI=1S/C17H21NOS/c1-3-10-18-16(15-8-7-12(2)20-15)14-6-4-5-13-9-11-19-17(13)14/h4-8,16,18H,3,9-11H2,1-2H3. The zero-order valence-electron chi connectivity index (χ0n) is 12.1. The van der Waals surface area contributed by atoms with Gasteiger partial charge in [0.1, 0.15) is 5.75 Å². The molecule has 3 heteroatoms. The Bertz CT molecular complexity index is 590. The van der Waals surface area contributed by atoms with Crippen molar-refractivity contribution < 1.29 is 4.74 Å². The molecule has 1 unspecified atom stereocenters. The molecule has 1 aliphatic rings. The molecule has 0 bridgehead atoms. The summed E-state index contributed by atoms with van der Waals surface area (Å²) in [5.41, 5.74) is 2.63. The number of hydrogen-bond donors (Lipinski definition) is 1. The Morgan fingerprint density at radius 2 is 2.20 bits per heavy atom. The van der Waals surface area contributed by atoms with E-state index in [4.69, 9.17) is 4.74 Å². The third-order valence-corrected chi connectivity index (χ3v) is 4.77. The molecule has 2 heterocycles. The number of hydrogen-bond acceptors (Lipinski definition) is 3. The maximum Gasteiger partial charge on any atom is 0.127 e. The molecule has 0 saturated carbocycles. The van der Waals surface area contributed by atoms with Crippen LogP contribution in [0.1, 0.15) is 40.3 Å². The van der Waals surface area contributed by atoms with E-state index >= 15 is 0 Å². The predicted octanol–water partition coefficient (Wildman–Crippen LogP) is 4.08. The Morgan fingerprint density at radius 3 is 2.95 bits per heavy atom. The molecule has 0 radical (unpaired) electrons. The van der Waals surface area contributed by atoms with E-state index in [2.05, 4.69) is 49.5 Å². The molecule has 1 aromatic heterocycles. The molecule has 1 N–H and O–H groups in total. The lowest BCUT2D eigenvalue weighted by atomic mass is 10.0. The van der Waals surface area contributed by atoms with Gasteiger partial charge in [-0.1, -0.05) is 25.1 Å². The van der Waals surface area contributed by atoms with Gasteiger partial charge in [0.15, 0.2) is 0 Å². The van der Waals surface area contributed by atoms with Gasteiger partial charge in [0, 0.05) is 21.7 Å². The van der Waals surface area contributed by atoms with Gasteiger partial charge in [0.2, 0.25) is 0 Å². The maximum absolute atomic E-state index is 5.88. The summed E-state index contributed by atoms with van der Waals surface area (Å²) in [6.45, 7) is 6.20. The normalized spacial score (nSPS) is 14.9. The third kappa shape index (κ3) is 2.60. The fourth-order valence-electron chi connectivity index (χ4n) is 2.73. The lowest BCUT2D eigenvalue weighted by Gasteiger charge is -2.20. The van der Waals surface area contributed by atoms with E-state index in [1.54, 1.807) is 0 Å². The lowest BCUT2D eigenvalue weighted by molar-refractivity contribution is 0.350. The number of aryl methyl sites for hydroxylation is 1. The molecule has 0 spiro atoms. The fourth-order valence-corrected chi connectivity index (χ4v) is 3.70. The molecule has 3 rings (SSSR count). The van der Waals surface area contributed by atoms with Gasteiger partial charge in [0.05, 0.1) is 12.6 Å². The second-order valence-electron chi connectivity index (χ2n) is 5.27. The van der Waals surface area contributed by atoms with Crippen molar-refractivity contribution in [2.45, 2.75) is 32.7 Å². The number of rotatable bonds is 5. The number of para-hydroxylation sites is 1. The first kappa shape index (κ1) is 13.7. The molecule has 20 heavy (non-hydrogen) atoms. The first-order chi connectivity index (χ1) is 9.79. The number of ether oxygens (including phenoxy) is 1. The Morgan fingerprint density at radius 1 is 1.30 bits per heavy atom. The van der Waals surface area contributed by atoms with Gasteiger partial charge < -0.3 is 10.1 Å². The SMILES string of the molecule is CCCNC(c1ccc(C)s1)c1cccc2c1OCC2. The van der Waals surface area contributed by atoms with E-state index in [9.17, 15) is 0 Å². The summed E-state index contributed by atoms with van der Waals surface area (Å²) in [4.78, 5) is 2.73. The topological polar surface area (TPSA) is 21.3 Å². The van der Waals surface area contributed by atoms with Crippen LogP contribution >= 0.6 is 11.3 Å². The van der Waals surface area contributed by atoms with Crippen LogP contribution in [-0.2, 0) is 6.42 Å². The van der Waals surface area contributed by atoms with Crippen LogP contribution in [0.3, 0.4) is 0 Å². The molecule has 0 amide bonds. The Balaban J connectivity index is 1.99. The van der Waals surface area contributed by atoms with Crippen LogP contribution in [0, 0.1) is 6.92 Å². The van der Waals surface area contributed by atoms with Gasteiger partial charge in [-0.05, 0) is 37.6 Å². The van der Waals surface area contributed by atoms with Crippen LogP contribution in [0.5, 0.6) is 5.75 Å². The number of benzene rings is 1. The van der Waals surface area contributed by atoms with Gasteiger partial charge >= 0.3 is 0 Å². The van der Waals surface area contributed by atoms with Gasteiger partial charge in [-0.15, -0.1) is 11.3 Å². The van der Waals surface area contributed by atoms with E-state index in [0.29, 0.717) is 0 Å². The monoisotopic (exact) mass is 287 g/mol. The molecular formula is C17H21NOS. The molecule has 1 atom stereocenters. The quantitative estimate of drug-likeness (QED) is 0.894. The minimum atomic E-state index is 0.252. The zero-order valence-corrected chi connectivity index (χ0v) is 12.9. The van der Waals surface area contributed by atoms with Crippen LogP contribution in [0.15, 0.2) is 30.3 Å². The summed E-state index contributed by atoms with van der Waals surface area (Å²) in [5, 5.41) is 3.68. The summed E-state index contributed by atoms with van der Waals surface area (Å²) in [7, 11) is 0. The van der Waals surface area contributed by atoms with Gasteiger partial charge in [-0.3, -0.25) is 0 Å². The molecule has 2 nitrogen and oxygen atoms in total. The van der Waals surface area contributed by atoms with Crippen LogP contribution in [-0.4, -0.2) is 13.2 Å². The Hall–Kier alpha value is -1.32. The lowest BCUT2D eigenvalue weighted by Crippen LogP contribution is -2.22. The molecule has 0 saturated heterocycles. The smallest absolute Gasteiger partial charge is 0.127 e. The average molecular weight is 287 g/mol. The molecule has 0 fully saturated rings. The summed E-state index contributed by atoms with van der Waals surface area (Å²) in [5.74, 6) is 1.10. The predicted molar refractivity (Wildman–Crippen MR) is 84.8 cm³/mol. The van der Waals surface area contributed by atoms with Crippen molar-refractivity contribution >= 4 is 11.3 Å². The minimum Gasteiger partial charge on any atom is -0.493 e. The second kappa shape index (κ2) is 5.98. The minimum absolute atomic E-state index is 0.252. The van der Waals surface area contributed by atoms with Crippen LogP contribution < -0.4 is 10.1 Å². The second-order valence-corrected chi connectivity index (χ2v) is 6.59. The van der Waals surface area contributed by atoms with Crippen molar-refractivity contribution in [2.75, 3.05) is 13.2 Å². The molecule has 1 aromatic carbocycles. The van der Waals surface area contributed by atoms with Crippen LogP contribution in [0.25, 0.3) is 0 Å². The van der Waals surface area contributed by atoms with Crippen LogP contribution in [0.2, 0.25) is 0 Å². The van der Waals surface area contributed by atoms with Crippen molar-refractivity contribution in [1.82, 2.24) is 5.32 Å². The van der Waals surface area contributed by atoms with E-state index in [1.807, 2.05) is 11.3 Å². The highest BCUT2D eigenvalue weighted by Crippen LogP contribution is 2.38. The highest BCUT2D eigenvalue weighted by Gasteiger charge is 2.23. The third-order valence-electron chi connectivity index (χ3n) is 3.70. The van der Waals surface area contributed by atoms with Crippen molar-refractivity contribution in [3.63, 3.8) is 0 Å². The molecule has 2 aromatic rings. The highest BCUT2D eigenvalue weighted by atomic mass is 32.1. The first-order valence-electron chi connectivity index (χ1n) is 7.34. The maximum atomic E-state index is 5.88. The Labute approximate surface area is 124 Å². The molecule has 1 aliphatic heterocycles. The van der Waals surface area contributed by atoms with E-state index in [0.717, 1.165) is 31.7 Å². The first-order valence-corrected chi connectivity index (χ1v) is 8.15. The van der Waals surface area contributed by atoms with Crippen molar-refractivity contribution in [2.24, 2.45) is 0 Å². The highest BCUT2D eigenvalue weighted by molar-refractivity contribution is 7.12. The largest absolute Gasteiger partial charge is 0.493 e. The number of nitrogens with one attached hydrogen (secondary N) is 1. The molecule has 0 aliphatic carbocycles. The average Bonchev–Trinajstić information content (AvgIpc) is 3.08. The summed E-state index contributed by atoms with van der Waals surface area (Å²) in [6.07, 6.45) is 2.17. The van der Waals surface area contributed by atoms with Crippen molar-refractivity contribution in [3.8, 4) is 5.75 Å². The fraction of sp³-hybridized carbons (Fsp3) is 0.412. The van der Waals surface area contributed by atoms with E-state index < -0.39 is 0 Å². The summed E-state index contributed by atoms with van der Waals surface area (Å²) in [6, 6.07) is 11.2. The molecular weight excluding hydrogens is 266 g/mol. The van der Waals surface area contributed by atoms with Gasteiger partial charge in [-0.2, -0.15) is 0 Å². The number of thiophene rings is 1. The Kier molecular flexibility index (Phi) is 4.08. The zero-order chi connectivity index (χ0) is 13.9. The van der Waals surface area contributed by atoms with Crippen LogP contribution in [0.4, 0.5) is 0 Å². The van der Waals surface area contributed by atoms with Crippen molar-refractivity contribution in [3.05, 3.63) is 51.2 Å².